The van der Waals surface area contributed by atoms with Crippen molar-refractivity contribution >= 4 is 45.3 Å². The molecule has 2 heterocycles. The summed E-state index contributed by atoms with van der Waals surface area (Å²) in [5.74, 6) is -0.0894. The molecule has 0 spiro atoms. The molecule has 1 aliphatic carbocycles. The first-order chi connectivity index (χ1) is 13.7. The third-order valence-electron chi connectivity index (χ3n) is 4.78. The Morgan fingerprint density at radius 3 is 2.54 bits per heavy atom. The summed E-state index contributed by atoms with van der Waals surface area (Å²) < 4.78 is 0. The normalized spacial score (nSPS) is 14.6. The second-order valence-corrected chi connectivity index (χ2v) is 8.67. The molecule has 0 bridgehead atoms. The predicted molar refractivity (Wildman–Crippen MR) is 112 cm³/mol. The zero-order valence-electron chi connectivity index (χ0n) is 15.2. The van der Waals surface area contributed by atoms with E-state index in [9.17, 15) is 9.59 Å². The van der Waals surface area contributed by atoms with E-state index in [1.54, 1.807) is 30.3 Å². The lowest BCUT2D eigenvalue weighted by Crippen LogP contribution is -2.17. The highest BCUT2D eigenvalue weighted by Gasteiger charge is 2.21. The Hall–Kier alpha value is -2.58. The number of para-hydroxylation sites is 1. The van der Waals surface area contributed by atoms with Gasteiger partial charge in [-0.1, -0.05) is 48.8 Å². The van der Waals surface area contributed by atoms with Gasteiger partial charge in [-0.2, -0.15) is 0 Å². The van der Waals surface area contributed by atoms with Crippen LogP contribution in [0.1, 0.15) is 63.1 Å². The molecule has 0 unspecified atom stereocenters. The van der Waals surface area contributed by atoms with Crippen LogP contribution in [-0.2, 0) is 0 Å². The predicted octanol–water partition coefficient (Wildman–Crippen LogP) is 5.15. The maximum atomic E-state index is 12.8. The van der Waals surface area contributed by atoms with Crippen LogP contribution in [-0.4, -0.2) is 22.0 Å². The minimum Gasteiger partial charge on any atom is -0.321 e. The molecule has 8 heteroatoms. The molecule has 2 amide bonds. The Morgan fingerprint density at radius 1 is 0.929 bits per heavy atom. The summed E-state index contributed by atoms with van der Waals surface area (Å²) in [6, 6.07) is 10.5. The zero-order valence-corrected chi connectivity index (χ0v) is 16.8. The van der Waals surface area contributed by atoms with E-state index in [0.29, 0.717) is 27.2 Å². The highest BCUT2D eigenvalue weighted by atomic mass is 32.1. The maximum Gasteiger partial charge on any atom is 0.265 e. The summed E-state index contributed by atoms with van der Waals surface area (Å²) >= 11 is 2.79. The molecule has 1 aromatic carbocycles. The third-order valence-corrected chi connectivity index (χ3v) is 6.65. The van der Waals surface area contributed by atoms with Crippen LogP contribution in [0.2, 0.25) is 0 Å². The van der Waals surface area contributed by atoms with Crippen molar-refractivity contribution < 1.29 is 9.59 Å². The number of nitrogens with one attached hydrogen (secondary N) is 2. The highest BCUT2D eigenvalue weighted by molar-refractivity contribution is 7.15. The monoisotopic (exact) mass is 412 g/mol. The van der Waals surface area contributed by atoms with Crippen LogP contribution >= 0.6 is 22.7 Å². The second-order valence-electron chi connectivity index (χ2n) is 6.71. The minimum atomic E-state index is -0.312. The van der Waals surface area contributed by atoms with Crippen LogP contribution in [0, 0.1) is 0 Å². The van der Waals surface area contributed by atoms with Crippen molar-refractivity contribution in [2.24, 2.45) is 0 Å². The lowest BCUT2D eigenvalue weighted by Gasteiger charge is -2.18. The fourth-order valence-electron chi connectivity index (χ4n) is 3.35. The molecule has 0 saturated heterocycles. The molecular weight excluding hydrogens is 392 g/mol. The fourth-order valence-corrected chi connectivity index (χ4v) is 4.87. The number of hydrogen-bond donors (Lipinski definition) is 2. The van der Waals surface area contributed by atoms with Gasteiger partial charge in [0.05, 0.1) is 16.1 Å². The lowest BCUT2D eigenvalue weighted by atomic mass is 9.90. The van der Waals surface area contributed by atoms with E-state index in [1.807, 2.05) is 11.4 Å². The Kier molecular flexibility index (Phi) is 5.78. The number of benzene rings is 1. The largest absolute Gasteiger partial charge is 0.321 e. The van der Waals surface area contributed by atoms with Gasteiger partial charge in [0, 0.05) is 5.92 Å². The van der Waals surface area contributed by atoms with Crippen LogP contribution in [0.3, 0.4) is 0 Å². The fraction of sp³-hybridized carbons (Fsp3) is 0.300. The summed E-state index contributed by atoms with van der Waals surface area (Å²) in [6.45, 7) is 0. The Bertz CT molecular complexity index is 962. The Morgan fingerprint density at radius 2 is 1.75 bits per heavy atom. The second kappa shape index (κ2) is 8.62. The number of carbonyl (C=O) groups excluding carboxylic acids is 2. The molecule has 4 rings (SSSR count). The summed E-state index contributed by atoms with van der Waals surface area (Å²) in [4.78, 5) is 25.7. The number of aromatic nitrogens is 2. The molecule has 3 aromatic rings. The number of amides is 2. The molecule has 28 heavy (non-hydrogen) atoms. The quantitative estimate of drug-likeness (QED) is 0.607. The van der Waals surface area contributed by atoms with E-state index >= 15 is 0 Å². The summed E-state index contributed by atoms with van der Waals surface area (Å²) in [5.41, 5.74) is 0.859. The van der Waals surface area contributed by atoms with Crippen molar-refractivity contribution in [2.45, 2.75) is 38.0 Å². The van der Waals surface area contributed by atoms with E-state index < -0.39 is 0 Å². The van der Waals surface area contributed by atoms with Gasteiger partial charge in [-0.25, -0.2) is 0 Å². The standard InChI is InChI=1S/C20H20N4O2S2/c25-17(22-20-24-23-19(28-20)13-7-2-1-3-8-13)14-9-4-5-10-15(14)21-18(26)16-11-6-12-27-16/h4-6,9-13H,1-3,7-8H2,(H,21,26)(H,22,24,25). The zero-order chi connectivity index (χ0) is 19.3. The van der Waals surface area contributed by atoms with Gasteiger partial charge in [0.1, 0.15) is 5.01 Å². The highest BCUT2D eigenvalue weighted by Crippen LogP contribution is 2.35. The number of thiophene rings is 1. The van der Waals surface area contributed by atoms with Gasteiger partial charge >= 0.3 is 0 Å². The molecule has 1 aliphatic rings. The Labute approximate surface area is 171 Å². The topological polar surface area (TPSA) is 84.0 Å². The first kappa shape index (κ1) is 18.8. The van der Waals surface area contributed by atoms with Crippen LogP contribution in [0.15, 0.2) is 41.8 Å². The van der Waals surface area contributed by atoms with Crippen molar-refractivity contribution in [3.8, 4) is 0 Å². The van der Waals surface area contributed by atoms with Crippen molar-refractivity contribution in [2.75, 3.05) is 10.6 Å². The molecule has 1 fully saturated rings. The van der Waals surface area contributed by atoms with Crippen LogP contribution in [0.4, 0.5) is 10.8 Å². The first-order valence-corrected chi connectivity index (χ1v) is 11.0. The number of carbonyl (C=O) groups is 2. The molecule has 2 N–H and O–H groups in total. The average molecular weight is 413 g/mol. The van der Waals surface area contributed by atoms with Gasteiger partial charge in [0.25, 0.3) is 11.8 Å². The molecular formula is C20H20N4O2S2. The third kappa shape index (κ3) is 4.28. The Balaban J connectivity index is 1.46. The lowest BCUT2D eigenvalue weighted by molar-refractivity contribution is 0.102. The van der Waals surface area contributed by atoms with Gasteiger partial charge in [-0.15, -0.1) is 21.5 Å². The van der Waals surface area contributed by atoms with Gasteiger partial charge in [-0.05, 0) is 36.4 Å². The van der Waals surface area contributed by atoms with E-state index in [1.165, 1.54) is 41.9 Å². The van der Waals surface area contributed by atoms with Crippen molar-refractivity contribution in [1.82, 2.24) is 10.2 Å². The smallest absolute Gasteiger partial charge is 0.265 e. The molecule has 1 saturated carbocycles. The first-order valence-electron chi connectivity index (χ1n) is 9.29. The van der Waals surface area contributed by atoms with Crippen molar-refractivity contribution in [3.63, 3.8) is 0 Å². The SMILES string of the molecule is O=C(Nc1ccccc1C(=O)Nc1nnc(C2CCCCC2)s1)c1cccs1. The summed E-state index contributed by atoms with van der Waals surface area (Å²) in [5, 5.41) is 17.4. The van der Waals surface area contributed by atoms with Gasteiger partial charge in [-0.3, -0.25) is 14.9 Å². The van der Waals surface area contributed by atoms with Crippen molar-refractivity contribution in [3.05, 3.63) is 57.2 Å². The van der Waals surface area contributed by atoms with Crippen LogP contribution < -0.4 is 10.6 Å². The number of hydrogen-bond acceptors (Lipinski definition) is 6. The molecule has 144 valence electrons. The summed E-state index contributed by atoms with van der Waals surface area (Å²) in [7, 11) is 0. The number of nitrogens with zero attached hydrogens (tertiary/aromatic N) is 2. The van der Waals surface area contributed by atoms with E-state index in [-0.39, 0.29) is 11.8 Å². The van der Waals surface area contributed by atoms with Crippen molar-refractivity contribution in [1.29, 1.82) is 0 Å². The van der Waals surface area contributed by atoms with E-state index in [2.05, 4.69) is 20.8 Å². The molecule has 0 aliphatic heterocycles. The van der Waals surface area contributed by atoms with E-state index in [4.69, 9.17) is 0 Å². The van der Waals surface area contributed by atoms with Crippen LogP contribution in [0.5, 0.6) is 0 Å². The minimum absolute atomic E-state index is 0.231. The molecule has 6 nitrogen and oxygen atoms in total. The number of anilines is 2. The van der Waals surface area contributed by atoms with E-state index in [0.717, 1.165) is 17.8 Å². The maximum absolute atomic E-state index is 12.8. The molecule has 0 radical (unpaired) electrons. The van der Waals surface area contributed by atoms with Crippen LogP contribution in [0.25, 0.3) is 0 Å². The van der Waals surface area contributed by atoms with Gasteiger partial charge in [0.2, 0.25) is 5.13 Å². The molecule has 0 atom stereocenters. The average Bonchev–Trinajstić information content (AvgIpc) is 3.41. The number of rotatable bonds is 5. The summed E-state index contributed by atoms with van der Waals surface area (Å²) in [6.07, 6.45) is 6.01. The van der Waals surface area contributed by atoms with Gasteiger partial charge in [0.15, 0.2) is 0 Å². The van der Waals surface area contributed by atoms with Gasteiger partial charge < -0.3 is 5.32 Å². The molecule has 2 aromatic heterocycles.